The van der Waals surface area contributed by atoms with Gasteiger partial charge in [0.2, 0.25) is 0 Å². The number of hydrogen-bond donors (Lipinski definition) is 1. The van der Waals surface area contributed by atoms with Gasteiger partial charge in [-0.3, -0.25) is 0 Å². The number of rotatable bonds is 3. The second kappa shape index (κ2) is 4.61. The normalized spacial score (nSPS) is 12.6. The van der Waals surface area contributed by atoms with Crippen LogP contribution in [0.4, 0.5) is 0 Å². The van der Waals surface area contributed by atoms with Crippen molar-refractivity contribution in [3.05, 3.63) is 0 Å². The van der Waals surface area contributed by atoms with E-state index in [1.165, 1.54) is 0 Å². The average molecular weight is 112 g/mol. The molecule has 0 aliphatic rings. The summed E-state index contributed by atoms with van der Waals surface area (Å²) in [6.07, 6.45) is 1.65. The summed E-state index contributed by atoms with van der Waals surface area (Å²) >= 11 is 0. The molecule has 0 saturated carbocycles. The van der Waals surface area contributed by atoms with Gasteiger partial charge in [0.25, 0.3) is 0 Å². The predicted octanol–water partition coefficient (Wildman–Crippen LogP) is 0.898. The zero-order valence-electron chi connectivity index (χ0n) is 5.44. The molecule has 8 heavy (non-hydrogen) atoms. The fourth-order valence-corrected chi connectivity index (χ4v) is 0.561. The van der Waals surface area contributed by atoms with Crippen molar-refractivity contribution in [2.75, 3.05) is 7.05 Å². The third-order valence-electron chi connectivity index (χ3n) is 1.24. The molecule has 0 fully saturated rings. The Kier molecular flexibility index (Phi) is 4.29. The summed E-state index contributed by atoms with van der Waals surface area (Å²) in [5, 5.41) is 11.2. The van der Waals surface area contributed by atoms with Crippen LogP contribution in [0.15, 0.2) is 0 Å². The summed E-state index contributed by atoms with van der Waals surface area (Å²) in [5.74, 6) is 0. The second-order valence-electron chi connectivity index (χ2n) is 1.76. The molecular formula is C6H12N2. The Labute approximate surface area is 50.5 Å². The topological polar surface area (TPSA) is 35.8 Å². The minimum atomic E-state index is 0.389. The zero-order chi connectivity index (χ0) is 6.41. The van der Waals surface area contributed by atoms with Crippen LogP contribution in [0.5, 0.6) is 0 Å². The average Bonchev–Trinajstić information content (AvgIpc) is 1.83. The Balaban J connectivity index is 3.25. The smallest absolute Gasteiger partial charge is 0.0638 e. The van der Waals surface area contributed by atoms with Crippen LogP contribution in [0.25, 0.3) is 0 Å². The van der Waals surface area contributed by atoms with Crippen LogP contribution in [0.3, 0.4) is 0 Å². The number of nitrogens with zero attached hydrogens (tertiary/aromatic N) is 1. The van der Waals surface area contributed by atoms with E-state index in [1.54, 1.807) is 0 Å². The summed E-state index contributed by atoms with van der Waals surface area (Å²) in [7, 11) is 1.88. The fraction of sp³-hybridized carbons (Fsp3) is 0.833. The van der Waals surface area contributed by atoms with Gasteiger partial charge >= 0.3 is 0 Å². The van der Waals surface area contributed by atoms with Gasteiger partial charge in [0.1, 0.15) is 0 Å². The van der Waals surface area contributed by atoms with Crippen molar-refractivity contribution in [2.24, 2.45) is 0 Å². The van der Waals surface area contributed by atoms with Crippen molar-refractivity contribution in [3.63, 3.8) is 0 Å². The van der Waals surface area contributed by atoms with Crippen LogP contribution in [0.2, 0.25) is 0 Å². The van der Waals surface area contributed by atoms with E-state index in [0.717, 1.165) is 6.42 Å². The molecule has 0 aliphatic carbocycles. The lowest BCUT2D eigenvalue weighted by Crippen LogP contribution is -2.23. The standard InChI is InChI=1S/C6H12N2/c1-3-6(8-2)4-5-7/h6,8H,3-4H2,1-2H3. The highest BCUT2D eigenvalue weighted by atomic mass is 14.9. The lowest BCUT2D eigenvalue weighted by molar-refractivity contribution is 0.557. The van der Waals surface area contributed by atoms with Crippen LogP contribution in [0, 0.1) is 11.3 Å². The Hall–Kier alpha value is -0.550. The summed E-state index contributed by atoms with van der Waals surface area (Å²) in [5.41, 5.74) is 0. The summed E-state index contributed by atoms with van der Waals surface area (Å²) < 4.78 is 0. The Morgan fingerprint density at radius 3 is 2.50 bits per heavy atom. The molecule has 0 radical (unpaired) electrons. The second-order valence-corrected chi connectivity index (χ2v) is 1.76. The van der Waals surface area contributed by atoms with Crippen LogP contribution in [-0.2, 0) is 0 Å². The van der Waals surface area contributed by atoms with E-state index in [4.69, 9.17) is 5.26 Å². The minimum Gasteiger partial charge on any atom is -0.316 e. The third-order valence-corrected chi connectivity index (χ3v) is 1.24. The van der Waals surface area contributed by atoms with Gasteiger partial charge in [-0.25, -0.2) is 0 Å². The van der Waals surface area contributed by atoms with Crippen molar-refractivity contribution in [3.8, 4) is 6.07 Å². The molecular weight excluding hydrogens is 100 g/mol. The highest BCUT2D eigenvalue weighted by Crippen LogP contribution is 1.92. The van der Waals surface area contributed by atoms with Crippen LogP contribution < -0.4 is 5.32 Å². The van der Waals surface area contributed by atoms with Crippen molar-refractivity contribution in [1.82, 2.24) is 5.32 Å². The molecule has 1 unspecified atom stereocenters. The first-order chi connectivity index (χ1) is 3.85. The summed E-state index contributed by atoms with van der Waals surface area (Å²) in [6, 6.07) is 2.50. The highest BCUT2D eigenvalue weighted by molar-refractivity contribution is 4.78. The molecule has 2 heteroatoms. The Bertz CT molecular complexity index is 79.0. The third kappa shape index (κ3) is 2.59. The number of hydrogen-bond acceptors (Lipinski definition) is 2. The fourth-order valence-electron chi connectivity index (χ4n) is 0.561. The molecule has 2 nitrogen and oxygen atoms in total. The first-order valence-electron chi connectivity index (χ1n) is 2.89. The maximum Gasteiger partial charge on any atom is 0.0638 e. The molecule has 0 saturated heterocycles. The molecule has 0 spiro atoms. The van der Waals surface area contributed by atoms with Crippen LogP contribution in [0.1, 0.15) is 19.8 Å². The van der Waals surface area contributed by atoms with Gasteiger partial charge in [0.05, 0.1) is 12.5 Å². The maximum absolute atomic E-state index is 8.21. The lowest BCUT2D eigenvalue weighted by Gasteiger charge is -2.06. The van der Waals surface area contributed by atoms with E-state index < -0.39 is 0 Å². The van der Waals surface area contributed by atoms with Gasteiger partial charge in [0, 0.05) is 6.04 Å². The molecule has 0 aromatic carbocycles. The first-order valence-corrected chi connectivity index (χ1v) is 2.89. The minimum absolute atomic E-state index is 0.389. The van der Waals surface area contributed by atoms with Gasteiger partial charge < -0.3 is 5.32 Å². The van der Waals surface area contributed by atoms with E-state index in [2.05, 4.69) is 18.3 Å². The summed E-state index contributed by atoms with van der Waals surface area (Å²) in [4.78, 5) is 0. The van der Waals surface area contributed by atoms with Crippen molar-refractivity contribution in [1.29, 1.82) is 5.26 Å². The van der Waals surface area contributed by atoms with Gasteiger partial charge in [0.15, 0.2) is 0 Å². The Morgan fingerprint density at radius 2 is 2.38 bits per heavy atom. The van der Waals surface area contributed by atoms with E-state index >= 15 is 0 Å². The van der Waals surface area contributed by atoms with Gasteiger partial charge in [-0.15, -0.1) is 0 Å². The quantitative estimate of drug-likeness (QED) is 0.588. The first kappa shape index (κ1) is 7.45. The zero-order valence-corrected chi connectivity index (χ0v) is 5.44. The van der Waals surface area contributed by atoms with Crippen molar-refractivity contribution < 1.29 is 0 Å². The van der Waals surface area contributed by atoms with E-state index in [-0.39, 0.29) is 0 Å². The molecule has 0 amide bonds. The van der Waals surface area contributed by atoms with Gasteiger partial charge in [-0.1, -0.05) is 6.92 Å². The summed E-state index contributed by atoms with van der Waals surface area (Å²) in [6.45, 7) is 2.07. The van der Waals surface area contributed by atoms with E-state index in [9.17, 15) is 0 Å². The Morgan fingerprint density at radius 1 is 1.75 bits per heavy atom. The molecule has 0 aliphatic heterocycles. The lowest BCUT2D eigenvalue weighted by atomic mass is 10.2. The molecule has 0 heterocycles. The number of nitrogens with one attached hydrogen (secondary N) is 1. The predicted molar refractivity (Wildman–Crippen MR) is 33.4 cm³/mol. The molecule has 1 atom stereocenters. The molecule has 0 aromatic rings. The molecule has 0 bridgehead atoms. The van der Waals surface area contributed by atoms with Crippen LogP contribution >= 0.6 is 0 Å². The van der Waals surface area contributed by atoms with Crippen molar-refractivity contribution in [2.45, 2.75) is 25.8 Å². The highest BCUT2D eigenvalue weighted by Gasteiger charge is 1.98. The largest absolute Gasteiger partial charge is 0.316 e. The van der Waals surface area contributed by atoms with Gasteiger partial charge in [-0.05, 0) is 13.5 Å². The molecule has 1 N–H and O–H groups in total. The monoisotopic (exact) mass is 112 g/mol. The van der Waals surface area contributed by atoms with E-state index in [0.29, 0.717) is 12.5 Å². The van der Waals surface area contributed by atoms with Crippen LogP contribution in [-0.4, -0.2) is 13.1 Å². The molecule has 0 aromatic heterocycles. The SMILES string of the molecule is CCC(CC#N)NC. The maximum atomic E-state index is 8.21. The van der Waals surface area contributed by atoms with Gasteiger partial charge in [-0.2, -0.15) is 5.26 Å². The molecule has 46 valence electrons. The van der Waals surface area contributed by atoms with Crippen molar-refractivity contribution >= 4 is 0 Å². The molecule has 0 rings (SSSR count). The van der Waals surface area contributed by atoms with E-state index in [1.807, 2.05) is 7.05 Å². The number of nitriles is 1.